The van der Waals surface area contributed by atoms with Crippen molar-refractivity contribution in [3.8, 4) is 11.5 Å². The number of nitrogens with zero attached hydrogens (tertiary/aromatic N) is 1. The van der Waals surface area contributed by atoms with Crippen molar-refractivity contribution in [2.75, 3.05) is 18.1 Å². The van der Waals surface area contributed by atoms with E-state index in [2.05, 4.69) is 5.32 Å². The van der Waals surface area contributed by atoms with Gasteiger partial charge in [-0.3, -0.25) is 14.4 Å². The summed E-state index contributed by atoms with van der Waals surface area (Å²) in [4.78, 5) is 40.4. The lowest BCUT2D eigenvalue weighted by atomic mass is 9.95. The molecule has 0 bridgehead atoms. The van der Waals surface area contributed by atoms with E-state index in [0.717, 1.165) is 16.9 Å². The summed E-state index contributed by atoms with van der Waals surface area (Å²) in [6, 6.07) is 16.6. The first-order valence-corrected chi connectivity index (χ1v) is 12.2. The Balaban J connectivity index is 1.40. The van der Waals surface area contributed by atoms with E-state index < -0.39 is 11.8 Å². The first-order chi connectivity index (χ1) is 17.3. The molecule has 5 rings (SSSR count). The second-order valence-electron chi connectivity index (χ2n) is 9.11. The molecule has 0 saturated heterocycles. The van der Waals surface area contributed by atoms with E-state index in [1.807, 2.05) is 32.0 Å². The van der Waals surface area contributed by atoms with E-state index >= 15 is 0 Å². The number of carbonyl (C=O) groups is 3. The molecule has 0 aromatic heterocycles. The van der Waals surface area contributed by atoms with Crippen LogP contribution in [0.4, 0.5) is 5.69 Å². The summed E-state index contributed by atoms with van der Waals surface area (Å²) in [5, 5.41) is 3.37. The smallest absolute Gasteiger partial charge is 0.266 e. The topological polar surface area (TPSA) is 84.9 Å². The van der Waals surface area contributed by atoms with Gasteiger partial charge in [-0.2, -0.15) is 0 Å². The number of para-hydroxylation sites is 1. The van der Waals surface area contributed by atoms with E-state index in [1.165, 1.54) is 12.1 Å². The van der Waals surface area contributed by atoms with Gasteiger partial charge in [0.05, 0.1) is 41.1 Å². The van der Waals surface area contributed by atoms with Crippen molar-refractivity contribution in [2.45, 2.75) is 26.3 Å². The molecule has 1 unspecified atom stereocenters. The number of rotatable bonds is 5. The third kappa shape index (κ3) is 4.31. The largest absolute Gasteiger partial charge is 0.490 e. The molecule has 2 aliphatic heterocycles. The molecule has 3 amide bonds. The van der Waals surface area contributed by atoms with Crippen LogP contribution in [0.3, 0.4) is 0 Å². The molecular weight excluding hydrogens is 480 g/mol. The van der Waals surface area contributed by atoms with Gasteiger partial charge in [-0.1, -0.05) is 43.6 Å². The van der Waals surface area contributed by atoms with E-state index in [9.17, 15) is 14.4 Å². The zero-order valence-corrected chi connectivity index (χ0v) is 20.7. The number of ether oxygens (including phenoxy) is 2. The summed E-state index contributed by atoms with van der Waals surface area (Å²) in [6.07, 6.45) is 0.807. The standard InChI is InChI=1S/C28H25ClN2O5/c1-16(2)25(17-9-11-23-24(15-17)36-13-5-12-35-23)30-26(32)18-8-10-19-20(14-18)28(34)31(27(19)33)22-7-4-3-6-21(22)29/h3-4,6-11,14-16,25H,5,12-13H2,1-2H3,(H,30,32). The third-order valence-electron chi connectivity index (χ3n) is 6.33. The highest BCUT2D eigenvalue weighted by molar-refractivity contribution is 6.39. The summed E-state index contributed by atoms with van der Waals surface area (Å²) < 4.78 is 11.5. The summed E-state index contributed by atoms with van der Waals surface area (Å²) in [5.74, 6) is 0.0941. The van der Waals surface area contributed by atoms with Crippen molar-refractivity contribution in [2.24, 2.45) is 5.92 Å². The second kappa shape index (κ2) is 9.66. The molecule has 2 heterocycles. The van der Waals surface area contributed by atoms with E-state index in [-0.39, 0.29) is 34.6 Å². The highest BCUT2D eigenvalue weighted by Crippen LogP contribution is 2.35. The van der Waals surface area contributed by atoms with Crippen molar-refractivity contribution in [1.82, 2.24) is 5.32 Å². The van der Waals surface area contributed by atoms with Gasteiger partial charge in [-0.15, -0.1) is 0 Å². The summed E-state index contributed by atoms with van der Waals surface area (Å²) >= 11 is 6.23. The average molecular weight is 505 g/mol. The predicted octanol–water partition coefficient (Wildman–Crippen LogP) is 5.43. The van der Waals surface area contributed by atoms with Crippen LogP contribution in [0.2, 0.25) is 5.02 Å². The minimum atomic E-state index is -0.513. The van der Waals surface area contributed by atoms with Gasteiger partial charge in [0, 0.05) is 12.0 Å². The molecule has 3 aromatic rings. The van der Waals surface area contributed by atoms with Gasteiger partial charge in [-0.25, -0.2) is 4.90 Å². The number of hydrogen-bond acceptors (Lipinski definition) is 5. The van der Waals surface area contributed by atoms with Crippen LogP contribution in [0.25, 0.3) is 0 Å². The monoisotopic (exact) mass is 504 g/mol. The fourth-order valence-corrected chi connectivity index (χ4v) is 4.69. The molecule has 3 aromatic carbocycles. The summed E-state index contributed by atoms with van der Waals surface area (Å²) in [6.45, 7) is 5.20. The molecule has 8 heteroatoms. The average Bonchev–Trinajstić information content (AvgIpc) is 3.01. The lowest BCUT2D eigenvalue weighted by molar-refractivity contribution is 0.0917. The van der Waals surface area contributed by atoms with Crippen LogP contribution in [0.1, 0.15) is 62.9 Å². The highest BCUT2D eigenvalue weighted by Gasteiger charge is 2.38. The van der Waals surface area contributed by atoms with E-state index in [0.29, 0.717) is 35.4 Å². The maximum Gasteiger partial charge on any atom is 0.266 e. The normalized spacial score (nSPS) is 15.5. The predicted molar refractivity (Wildman–Crippen MR) is 136 cm³/mol. The molecule has 0 saturated carbocycles. The zero-order valence-electron chi connectivity index (χ0n) is 19.9. The number of halogens is 1. The van der Waals surface area contributed by atoms with Crippen LogP contribution in [0.15, 0.2) is 60.7 Å². The molecule has 7 nitrogen and oxygen atoms in total. The van der Waals surface area contributed by atoms with Crippen molar-refractivity contribution in [3.05, 3.63) is 87.9 Å². The Labute approximate surface area is 214 Å². The van der Waals surface area contributed by atoms with Crippen LogP contribution in [-0.4, -0.2) is 30.9 Å². The van der Waals surface area contributed by atoms with Gasteiger partial charge in [0.25, 0.3) is 17.7 Å². The SMILES string of the molecule is CC(C)C(NC(=O)c1ccc2c(c1)C(=O)N(c1ccccc1Cl)C2=O)c1ccc2c(c1)OCCCO2. The van der Waals surface area contributed by atoms with Crippen LogP contribution in [0, 0.1) is 5.92 Å². The molecule has 0 radical (unpaired) electrons. The summed E-state index contributed by atoms with van der Waals surface area (Å²) in [5.41, 5.74) is 1.89. The quantitative estimate of drug-likeness (QED) is 0.468. The third-order valence-corrected chi connectivity index (χ3v) is 6.65. The first kappa shape index (κ1) is 23.9. The Bertz CT molecular complexity index is 1370. The van der Waals surface area contributed by atoms with Gasteiger partial charge in [-0.05, 0) is 53.9 Å². The molecule has 1 atom stereocenters. The van der Waals surface area contributed by atoms with Gasteiger partial charge in [0.1, 0.15) is 0 Å². The molecular formula is C28H25ClN2O5. The fourth-order valence-electron chi connectivity index (χ4n) is 4.47. The molecule has 2 aliphatic rings. The molecule has 184 valence electrons. The number of imide groups is 1. The maximum absolute atomic E-state index is 13.3. The van der Waals surface area contributed by atoms with Crippen LogP contribution >= 0.6 is 11.6 Å². The number of hydrogen-bond donors (Lipinski definition) is 1. The van der Waals surface area contributed by atoms with Crippen LogP contribution in [0.5, 0.6) is 11.5 Å². The minimum absolute atomic E-state index is 0.0760. The second-order valence-corrected chi connectivity index (χ2v) is 9.52. The van der Waals surface area contributed by atoms with Crippen LogP contribution < -0.4 is 19.7 Å². The molecule has 0 spiro atoms. The Morgan fingerprint density at radius 3 is 2.39 bits per heavy atom. The number of anilines is 1. The Kier molecular flexibility index (Phi) is 6.41. The van der Waals surface area contributed by atoms with Gasteiger partial charge < -0.3 is 14.8 Å². The van der Waals surface area contributed by atoms with Gasteiger partial charge in [0.15, 0.2) is 11.5 Å². The Hall–Kier alpha value is -3.84. The number of carbonyl (C=O) groups excluding carboxylic acids is 3. The van der Waals surface area contributed by atoms with Gasteiger partial charge in [0.2, 0.25) is 0 Å². The first-order valence-electron chi connectivity index (χ1n) is 11.8. The number of fused-ring (bicyclic) bond motifs is 2. The Morgan fingerprint density at radius 2 is 1.64 bits per heavy atom. The highest BCUT2D eigenvalue weighted by atomic mass is 35.5. The van der Waals surface area contributed by atoms with Crippen molar-refractivity contribution in [1.29, 1.82) is 0 Å². The molecule has 0 fully saturated rings. The summed E-state index contributed by atoms with van der Waals surface area (Å²) in [7, 11) is 0. The minimum Gasteiger partial charge on any atom is -0.490 e. The fraction of sp³-hybridized carbons (Fsp3) is 0.250. The number of amides is 3. The zero-order chi connectivity index (χ0) is 25.4. The van der Waals surface area contributed by atoms with Crippen molar-refractivity contribution >= 4 is 35.0 Å². The number of benzene rings is 3. The van der Waals surface area contributed by atoms with Crippen LogP contribution in [-0.2, 0) is 0 Å². The lowest BCUT2D eigenvalue weighted by Gasteiger charge is -2.24. The Morgan fingerprint density at radius 1 is 0.917 bits per heavy atom. The maximum atomic E-state index is 13.3. The number of nitrogens with one attached hydrogen (secondary N) is 1. The van der Waals surface area contributed by atoms with Crippen molar-refractivity contribution in [3.63, 3.8) is 0 Å². The molecule has 0 aliphatic carbocycles. The van der Waals surface area contributed by atoms with E-state index in [1.54, 1.807) is 30.3 Å². The lowest BCUT2D eigenvalue weighted by Crippen LogP contribution is -2.32. The van der Waals surface area contributed by atoms with Crippen molar-refractivity contribution < 1.29 is 23.9 Å². The molecule has 1 N–H and O–H groups in total. The van der Waals surface area contributed by atoms with E-state index in [4.69, 9.17) is 21.1 Å². The van der Waals surface area contributed by atoms with Gasteiger partial charge >= 0.3 is 0 Å². The molecule has 36 heavy (non-hydrogen) atoms.